The van der Waals surface area contributed by atoms with Crippen molar-refractivity contribution >= 4 is 6.21 Å². The topological polar surface area (TPSA) is 12.4 Å². The summed E-state index contributed by atoms with van der Waals surface area (Å²) in [5.74, 6) is 2.57. The van der Waals surface area contributed by atoms with Gasteiger partial charge in [-0.25, -0.2) is 0 Å². The van der Waals surface area contributed by atoms with Crippen molar-refractivity contribution in [1.29, 1.82) is 0 Å². The molecule has 1 nitrogen and oxygen atoms in total. The van der Waals surface area contributed by atoms with Gasteiger partial charge in [-0.2, -0.15) is 0 Å². The van der Waals surface area contributed by atoms with Crippen LogP contribution in [0.15, 0.2) is 17.3 Å². The molecule has 0 radical (unpaired) electrons. The van der Waals surface area contributed by atoms with Crippen LogP contribution in [0, 0.1) is 17.8 Å². The largest absolute Gasteiger partial charge is 0.267 e. The van der Waals surface area contributed by atoms with E-state index >= 15 is 0 Å². The Morgan fingerprint density at radius 1 is 1.27 bits per heavy atom. The van der Waals surface area contributed by atoms with Crippen LogP contribution in [0.3, 0.4) is 0 Å². The van der Waals surface area contributed by atoms with E-state index in [2.05, 4.69) is 25.4 Å². The summed E-state index contributed by atoms with van der Waals surface area (Å²) in [6, 6.07) is 0. The van der Waals surface area contributed by atoms with Gasteiger partial charge in [-0.15, -0.1) is 0 Å². The fraction of sp³-hybridized carbons (Fsp3) is 0.786. The van der Waals surface area contributed by atoms with E-state index in [0.29, 0.717) is 0 Å². The number of hydrogen-bond acceptors (Lipinski definition) is 1. The lowest BCUT2D eigenvalue weighted by Gasteiger charge is -2.20. The Bertz CT molecular complexity index is 229. The molecule has 0 bridgehead atoms. The molecule has 15 heavy (non-hydrogen) atoms. The first-order valence-electron chi connectivity index (χ1n) is 6.30. The summed E-state index contributed by atoms with van der Waals surface area (Å²) in [5, 5.41) is 0. The second-order valence-electron chi connectivity index (χ2n) is 5.15. The third kappa shape index (κ3) is 4.19. The molecule has 86 valence electrons. The smallest absolute Gasteiger partial charge is 0.0330 e. The molecular formula is C14H25N. The molecular weight excluding hydrogens is 182 g/mol. The van der Waals surface area contributed by atoms with Crippen LogP contribution < -0.4 is 0 Å². The van der Waals surface area contributed by atoms with E-state index in [1.165, 1.54) is 25.7 Å². The van der Waals surface area contributed by atoms with Gasteiger partial charge in [0, 0.05) is 11.9 Å². The van der Waals surface area contributed by atoms with Gasteiger partial charge in [0.05, 0.1) is 0 Å². The molecule has 1 rings (SSSR count). The average Bonchev–Trinajstić information content (AvgIpc) is 2.33. The van der Waals surface area contributed by atoms with Crippen molar-refractivity contribution in [3.05, 3.63) is 12.3 Å². The van der Waals surface area contributed by atoms with Crippen LogP contribution in [0.2, 0.25) is 0 Å². The molecule has 1 saturated carbocycles. The SMILES string of the molecule is C=C(CC1CC[C@H](C)CCC1C)N=CC. The third-order valence-corrected chi connectivity index (χ3v) is 3.76. The summed E-state index contributed by atoms with van der Waals surface area (Å²) in [6.07, 6.45) is 8.49. The Morgan fingerprint density at radius 2 is 1.93 bits per heavy atom. The summed E-state index contributed by atoms with van der Waals surface area (Å²) in [5.41, 5.74) is 1.06. The fourth-order valence-corrected chi connectivity index (χ4v) is 2.55. The zero-order valence-electron chi connectivity index (χ0n) is 10.5. The number of aliphatic imine (C=N–C) groups is 1. The molecule has 2 unspecified atom stereocenters. The van der Waals surface area contributed by atoms with Crippen LogP contribution in [0.5, 0.6) is 0 Å². The first kappa shape index (κ1) is 12.5. The van der Waals surface area contributed by atoms with Crippen molar-refractivity contribution < 1.29 is 0 Å². The molecule has 0 aliphatic heterocycles. The van der Waals surface area contributed by atoms with Crippen LogP contribution in [0.4, 0.5) is 0 Å². The fourth-order valence-electron chi connectivity index (χ4n) is 2.55. The molecule has 0 heterocycles. The average molecular weight is 207 g/mol. The molecule has 1 fully saturated rings. The van der Waals surface area contributed by atoms with Gasteiger partial charge >= 0.3 is 0 Å². The van der Waals surface area contributed by atoms with Crippen LogP contribution >= 0.6 is 0 Å². The van der Waals surface area contributed by atoms with Gasteiger partial charge in [0.2, 0.25) is 0 Å². The van der Waals surface area contributed by atoms with Crippen molar-refractivity contribution in [2.24, 2.45) is 22.7 Å². The zero-order chi connectivity index (χ0) is 11.3. The standard InChI is InChI=1S/C14H25N/c1-5-15-13(4)10-14-9-7-11(2)6-8-12(14)3/h5,11-12,14H,4,6-10H2,1-3H3/t11-,12?,14?/m1/s1. The molecule has 0 N–H and O–H groups in total. The molecule has 0 aromatic rings. The summed E-state index contributed by atoms with van der Waals surface area (Å²) in [7, 11) is 0. The summed E-state index contributed by atoms with van der Waals surface area (Å²) in [6.45, 7) is 10.8. The van der Waals surface area contributed by atoms with Crippen molar-refractivity contribution in [2.45, 2.75) is 52.9 Å². The highest BCUT2D eigenvalue weighted by molar-refractivity contribution is 5.55. The minimum absolute atomic E-state index is 0.811. The van der Waals surface area contributed by atoms with Crippen molar-refractivity contribution in [1.82, 2.24) is 0 Å². The van der Waals surface area contributed by atoms with Crippen LogP contribution in [-0.4, -0.2) is 6.21 Å². The minimum atomic E-state index is 0.811. The molecule has 0 saturated heterocycles. The van der Waals surface area contributed by atoms with Crippen molar-refractivity contribution in [3.63, 3.8) is 0 Å². The van der Waals surface area contributed by atoms with Gasteiger partial charge < -0.3 is 0 Å². The molecule has 0 aromatic heterocycles. The first-order chi connectivity index (χ1) is 7.13. The lowest BCUT2D eigenvalue weighted by molar-refractivity contribution is 0.335. The summed E-state index contributed by atoms with van der Waals surface area (Å²) < 4.78 is 0. The second-order valence-corrected chi connectivity index (χ2v) is 5.15. The maximum atomic E-state index is 4.28. The van der Waals surface area contributed by atoms with Crippen molar-refractivity contribution in [3.8, 4) is 0 Å². The van der Waals surface area contributed by atoms with Crippen LogP contribution in [0.25, 0.3) is 0 Å². The lowest BCUT2D eigenvalue weighted by Crippen LogP contribution is -2.10. The summed E-state index contributed by atoms with van der Waals surface area (Å²) in [4.78, 5) is 4.28. The van der Waals surface area contributed by atoms with E-state index in [9.17, 15) is 0 Å². The molecule has 1 aliphatic rings. The van der Waals surface area contributed by atoms with E-state index < -0.39 is 0 Å². The quantitative estimate of drug-likeness (QED) is 0.479. The predicted octanol–water partition coefficient (Wildman–Crippen LogP) is 4.44. The minimum Gasteiger partial charge on any atom is -0.267 e. The highest BCUT2D eigenvalue weighted by Gasteiger charge is 2.22. The first-order valence-corrected chi connectivity index (χ1v) is 6.30. The number of nitrogens with zero attached hydrogens (tertiary/aromatic N) is 1. The monoisotopic (exact) mass is 207 g/mol. The Balaban J connectivity index is 2.48. The van der Waals surface area contributed by atoms with E-state index in [4.69, 9.17) is 0 Å². The zero-order valence-corrected chi connectivity index (χ0v) is 10.5. The Hall–Kier alpha value is -0.590. The summed E-state index contributed by atoms with van der Waals surface area (Å²) >= 11 is 0. The highest BCUT2D eigenvalue weighted by atomic mass is 14.7. The van der Waals surface area contributed by atoms with Gasteiger partial charge in [0.25, 0.3) is 0 Å². The van der Waals surface area contributed by atoms with Gasteiger partial charge in [-0.05, 0) is 37.5 Å². The van der Waals surface area contributed by atoms with Gasteiger partial charge in [-0.1, -0.05) is 39.7 Å². The number of allylic oxidation sites excluding steroid dienone is 1. The number of hydrogen-bond donors (Lipinski definition) is 0. The normalized spacial score (nSPS) is 32.9. The van der Waals surface area contributed by atoms with Crippen LogP contribution in [0.1, 0.15) is 52.9 Å². The predicted molar refractivity (Wildman–Crippen MR) is 68.2 cm³/mol. The number of rotatable bonds is 3. The van der Waals surface area contributed by atoms with Crippen molar-refractivity contribution in [2.75, 3.05) is 0 Å². The van der Waals surface area contributed by atoms with E-state index in [1.807, 2.05) is 13.1 Å². The lowest BCUT2D eigenvalue weighted by atomic mass is 9.86. The third-order valence-electron chi connectivity index (χ3n) is 3.76. The maximum absolute atomic E-state index is 4.28. The Kier molecular flexibility index (Phi) is 5.07. The Labute approximate surface area is 94.7 Å². The molecule has 0 spiro atoms. The molecule has 1 aliphatic carbocycles. The van der Waals surface area contributed by atoms with E-state index in [0.717, 1.165) is 29.9 Å². The van der Waals surface area contributed by atoms with E-state index in [-0.39, 0.29) is 0 Å². The Morgan fingerprint density at radius 3 is 2.60 bits per heavy atom. The highest BCUT2D eigenvalue weighted by Crippen LogP contribution is 2.34. The van der Waals surface area contributed by atoms with Gasteiger partial charge in [0.1, 0.15) is 0 Å². The van der Waals surface area contributed by atoms with E-state index in [1.54, 1.807) is 0 Å². The maximum Gasteiger partial charge on any atom is 0.0330 e. The molecule has 0 amide bonds. The molecule has 0 aromatic carbocycles. The molecule has 3 atom stereocenters. The van der Waals surface area contributed by atoms with Crippen LogP contribution in [-0.2, 0) is 0 Å². The molecule has 1 heteroatoms. The van der Waals surface area contributed by atoms with Gasteiger partial charge in [-0.3, -0.25) is 4.99 Å². The second kappa shape index (κ2) is 6.09. The van der Waals surface area contributed by atoms with Gasteiger partial charge in [0.15, 0.2) is 0 Å².